The molecule has 6 nitrogen and oxygen atoms in total. The number of hydrogen-bond donors (Lipinski definition) is 2. The van der Waals surface area contributed by atoms with Crippen LogP contribution < -0.4 is 25.0 Å². The van der Waals surface area contributed by atoms with Gasteiger partial charge in [-0.05, 0) is 18.8 Å². The largest absolute Gasteiger partial charge is 0.497 e. The van der Waals surface area contributed by atoms with Crippen LogP contribution in [0.1, 0.15) is 26.7 Å². The molecule has 1 aliphatic rings. The first kappa shape index (κ1) is 19.2. The van der Waals surface area contributed by atoms with Gasteiger partial charge in [-0.1, -0.05) is 13.8 Å². The lowest BCUT2D eigenvalue weighted by molar-refractivity contribution is 0.393. The average Bonchev–Trinajstić information content (AvgIpc) is 2.64. The molecule has 0 spiro atoms. The van der Waals surface area contributed by atoms with Crippen LogP contribution in [-0.2, 0) is 0 Å². The van der Waals surface area contributed by atoms with Crippen LogP contribution in [0.4, 0.5) is 5.69 Å². The summed E-state index contributed by atoms with van der Waals surface area (Å²) in [7, 11) is 5.20. The van der Waals surface area contributed by atoms with Crippen molar-refractivity contribution in [3.63, 3.8) is 0 Å². The van der Waals surface area contributed by atoms with Gasteiger partial charge in [0.25, 0.3) is 0 Å². The second-order valence-electron chi connectivity index (χ2n) is 6.82. The van der Waals surface area contributed by atoms with E-state index >= 15 is 0 Å². The summed E-state index contributed by atoms with van der Waals surface area (Å²) in [6, 6.07) is 6.49. The number of benzene rings is 1. The molecule has 6 heteroatoms. The average molecular weight is 348 g/mol. The van der Waals surface area contributed by atoms with Crippen LogP contribution >= 0.6 is 0 Å². The highest BCUT2D eigenvalue weighted by Gasteiger charge is 2.21. The van der Waals surface area contributed by atoms with Crippen molar-refractivity contribution in [1.82, 2.24) is 10.6 Å². The molecular formula is C19H32N4O2. The van der Waals surface area contributed by atoms with E-state index in [9.17, 15) is 0 Å². The van der Waals surface area contributed by atoms with Crippen molar-refractivity contribution in [2.24, 2.45) is 10.9 Å². The number of piperidine rings is 1. The highest BCUT2D eigenvalue weighted by atomic mass is 16.5. The van der Waals surface area contributed by atoms with Crippen molar-refractivity contribution in [3.8, 4) is 11.5 Å². The van der Waals surface area contributed by atoms with Crippen LogP contribution in [0.2, 0.25) is 0 Å². The van der Waals surface area contributed by atoms with Gasteiger partial charge in [0, 0.05) is 56.6 Å². The second kappa shape index (κ2) is 9.39. The lowest BCUT2D eigenvalue weighted by Crippen LogP contribution is -2.49. The first-order valence-corrected chi connectivity index (χ1v) is 9.01. The van der Waals surface area contributed by atoms with E-state index in [4.69, 9.17) is 9.47 Å². The summed E-state index contributed by atoms with van der Waals surface area (Å²) in [6.45, 7) is 7.31. The fraction of sp³-hybridized carbons (Fsp3) is 0.632. The van der Waals surface area contributed by atoms with Gasteiger partial charge in [0.05, 0.1) is 14.2 Å². The van der Waals surface area contributed by atoms with Gasteiger partial charge in [-0.2, -0.15) is 0 Å². The summed E-state index contributed by atoms with van der Waals surface area (Å²) < 4.78 is 10.8. The normalized spacial score (nSPS) is 16.1. The molecule has 1 fully saturated rings. The minimum Gasteiger partial charge on any atom is -0.497 e. The monoisotopic (exact) mass is 348 g/mol. The molecule has 1 aromatic rings. The molecule has 0 atom stereocenters. The standard InChI is InChI=1S/C19H32N4O2/c1-14(2)13-21-19(20-3)22-15-6-8-23(9-7-15)16-10-17(24-4)12-18(11-16)25-5/h10-12,14-15H,6-9,13H2,1-5H3,(H2,20,21,22). The van der Waals surface area contributed by atoms with Crippen molar-refractivity contribution in [3.05, 3.63) is 18.2 Å². The minimum absolute atomic E-state index is 0.446. The molecule has 140 valence electrons. The molecule has 0 radical (unpaired) electrons. The smallest absolute Gasteiger partial charge is 0.191 e. The van der Waals surface area contributed by atoms with Crippen LogP contribution in [-0.4, -0.2) is 52.9 Å². The van der Waals surface area contributed by atoms with Gasteiger partial charge in [0.15, 0.2) is 5.96 Å². The van der Waals surface area contributed by atoms with Crippen molar-refractivity contribution in [2.45, 2.75) is 32.7 Å². The predicted molar refractivity (Wildman–Crippen MR) is 104 cm³/mol. The van der Waals surface area contributed by atoms with E-state index in [2.05, 4.69) is 46.5 Å². The fourth-order valence-electron chi connectivity index (χ4n) is 2.95. The number of nitrogens with zero attached hydrogens (tertiary/aromatic N) is 2. The summed E-state index contributed by atoms with van der Waals surface area (Å²) in [5, 5.41) is 6.92. The second-order valence-corrected chi connectivity index (χ2v) is 6.82. The van der Waals surface area contributed by atoms with E-state index in [-0.39, 0.29) is 0 Å². The van der Waals surface area contributed by atoms with Gasteiger partial charge >= 0.3 is 0 Å². The Morgan fingerprint density at radius 1 is 1.16 bits per heavy atom. The lowest BCUT2D eigenvalue weighted by atomic mass is 10.0. The quantitative estimate of drug-likeness (QED) is 0.611. The van der Waals surface area contributed by atoms with E-state index < -0.39 is 0 Å². The third kappa shape index (κ3) is 5.73. The Morgan fingerprint density at radius 2 is 1.76 bits per heavy atom. The highest BCUT2D eigenvalue weighted by Crippen LogP contribution is 2.30. The maximum Gasteiger partial charge on any atom is 0.191 e. The van der Waals surface area contributed by atoms with Crippen LogP contribution in [0.3, 0.4) is 0 Å². The third-order valence-electron chi connectivity index (χ3n) is 4.44. The molecule has 0 bridgehead atoms. The number of anilines is 1. The van der Waals surface area contributed by atoms with Gasteiger partial charge in [-0.15, -0.1) is 0 Å². The summed E-state index contributed by atoms with van der Waals surface area (Å²) in [5.41, 5.74) is 1.15. The predicted octanol–water partition coefficient (Wildman–Crippen LogP) is 2.49. The third-order valence-corrected chi connectivity index (χ3v) is 4.44. The Kier molecular flexibility index (Phi) is 7.22. The number of guanidine groups is 1. The number of aliphatic imine (C=N–C) groups is 1. The lowest BCUT2D eigenvalue weighted by Gasteiger charge is -2.35. The summed E-state index contributed by atoms with van der Waals surface area (Å²) >= 11 is 0. The molecule has 0 unspecified atom stereocenters. The highest BCUT2D eigenvalue weighted by molar-refractivity contribution is 5.80. The number of ether oxygens (including phenoxy) is 2. The van der Waals surface area contributed by atoms with Crippen LogP contribution in [0.15, 0.2) is 23.2 Å². The van der Waals surface area contributed by atoms with Gasteiger partial charge < -0.3 is 25.0 Å². The Morgan fingerprint density at radius 3 is 2.24 bits per heavy atom. The van der Waals surface area contributed by atoms with E-state index in [1.165, 1.54) is 0 Å². The Bertz CT molecular complexity index is 544. The van der Waals surface area contributed by atoms with Crippen molar-refractivity contribution in [2.75, 3.05) is 45.8 Å². The van der Waals surface area contributed by atoms with Crippen LogP contribution in [0.5, 0.6) is 11.5 Å². The number of rotatable bonds is 6. The first-order valence-electron chi connectivity index (χ1n) is 9.01. The van der Waals surface area contributed by atoms with E-state index in [1.807, 2.05) is 13.1 Å². The van der Waals surface area contributed by atoms with Gasteiger partial charge in [0.2, 0.25) is 0 Å². The SMILES string of the molecule is CN=C(NCC(C)C)NC1CCN(c2cc(OC)cc(OC)c2)CC1. The molecule has 1 heterocycles. The molecule has 25 heavy (non-hydrogen) atoms. The number of hydrogen-bond acceptors (Lipinski definition) is 4. The fourth-order valence-corrected chi connectivity index (χ4v) is 2.95. The van der Waals surface area contributed by atoms with Gasteiger partial charge in [0.1, 0.15) is 11.5 Å². The zero-order valence-electron chi connectivity index (χ0n) is 16.1. The minimum atomic E-state index is 0.446. The van der Waals surface area contributed by atoms with Gasteiger partial charge in [-0.3, -0.25) is 4.99 Å². The molecule has 2 N–H and O–H groups in total. The molecule has 0 amide bonds. The maximum absolute atomic E-state index is 5.38. The Labute approximate surface area is 151 Å². The number of nitrogens with one attached hydrogen (secondary N) is 2. The molecule has 0 aliphatic carbocycles. The molecule has 2 rings (SSSR count). The topological polar surface area (TPSA) is 58.1 Å². The Hall–Kier alpha value is -2.11. The first-order chi connectivity index (χ1) is 12.0. The number of methoxy groups -OCH3 is 2. The molecule has 1 aliphatic heterocycles. The van der Waals surface area contributed by atoms with E-state index in [0.29, 0.717) is 12.0 Å². The van der Waals surface area contributed by atoms with Crippen LogP contribution in [0.25, 0.3) is 0 Å². The molecule has 1 saturated heterocycles. The summed E-state index contributed by atoms with van der Waals surface area (Å²) in [6.07, 6.45) is 2.14. The zero-order valence-corrected chi connectivity index (χ0v) is 16.1. The maximum atomic E-state index is 5.38. The summed E-state index contributed by atoms with van der Waals surface area (Å²) in [5.74, 6) is 3.15. The zero-order chi connectivity index (χ0) is 18.2. The van der Waals surface area contributed by atoms with E-state index in [1.54, 1.807) is 14.2 Å². The molecule has 0 aromatic heterocycles. The molecule has 0 saturated carbocycles. The Balaban J connectivity index is 1.91. The van der Waals surface area contributed by atoms with Gasteiger partial charge in [-0.25, -0.2) is 0 Å². The van der Waals surface area contributed by atoms with Crippen molar-refractivity contribution >= 4 is 11.6 Å². The van der Waals surface area contributed by atoms with Crippen molar-refractivity contribution < 1.29 is 9.47 Å². The molecular weight excluding hydrogens is 316 g/mol. The van der Waals surface area contributed by atoms with Crippen LogP contribution in [0, 0.1) is 5.92 Å². The molecule has 1 aromatic carbocycles. The summed E-state index contributed by atoms with van der Waals surface area (Å²) in [4.78, 5) is 6.71. The van der Waals surface area contributed by atoms with Crippen molar-refractivity contribution in [1.29, 1.82) is 0 Å². The van der Waals surface area contributed by atoms with E-state index in [0.717, 1.165) is 55.6 Å².